The third-order valence-electron chi connectivity index (χ3n) is 4.43. The molecular weight excluding hydrogens is 324 g/mol. The lowest BCUT2D eigenvalue weighted by atomic mass is 10.0. The quantitative estimate of drug-likeness (QED) is 0.844. The zero-order valence-corrected chi connectivity index (χ0v) is 14.8. The third-order valence-corrected chi connectivity index (χ3v) is 4.68. The van der Waals surface area contributed by atoms with Crippen LogP contribution in [0.1, 0.15) is 48.7 Å². The molecule has 1 fully saturated rings. The lowest BCUT2D eigenvalue weighted by Gasteiger charge is -2.17. The topological polar surface area (TPSA) is 72.9 Å². The van der Waals surface area contributed by atoms with Crippen LogP contribution in [0.3, 0.4) is 0 Å². The largest absolute Gasteiger partial charge is 0.348 e. The predicted octanol–water partition coefficient (Wildman–Crippen LogP) is 3.12. The zero-order valence-electron chi connectivity index (χ0n) is 14.0. The van der Waals surface area contributed by atoms with E-state index in [1.165, 1.54) is 0 Å². The van der Waals surface area contributed by atoms with Crippen LogP contribution in [-0.4, -0.2) is 28.3 Å². The average molecular weight is 347 g/mol. The summed E-state index contributed by atoms with van der Waals surface area (Å²) in [6.45, 7) is 4.59. The van der Waals surface area contributed by atoms with Crippen LogP contribution < -0.4 is 11.1 Å². The van der Waals surface area contributed by atoms with Crippen LogP contribution in [0.2, 0.25) is 5.02 Å². The number of hydrogen-bond donors (Lipinski definition) is 2. The van der Waals surface area contributed by atoms with Gasteiger partial charge in [0.1, 0.15) is 0 Å². The van der Waals surface area contributed by atoms with Crippen molar-refractivity contribution in [1.29, 1.82) is 0 Å². The predicted molar refractivity (Wildman–Crippen MR) is 95.7 cm³/mol. The average Bonchev–Trinajstić information content (AvgIpc) is 3.30. The zero-order chi connectivity index (χ0) is 17.3. The third kappa shape index (κ3) is 3.47. The van der Waals surface area contributed by atoms with Crippen molar-refractivity contribution >= 4 is 17.5 Å². The molecule has 0 spiro atoms. The molecule has 1 amide bonds. The minimum absolute atomic E-state index is 0.0522. The van der Waals surface area contributed by atoms with Crippen LogP contribution >= 0.6 is 11.6 Å². The Balaban J connectivity index is 1.90. The Morgan fingerprint density at radius 1 is 1.38 bits per heavy atom. The van der Waals surface area contributed by atoms with E-state index in [9.17, 15) is 4.79 Å². The molecule has 0 bridgehead atoms. The van der Waals surface area contributed by atoms with E-state index in [1.54, 1.807) is 6.20 Å². The number of carbonyl (C=O) groups excluding carboxylic acids is 1. The van der Waals surface area contributed by atoms with Gasteiger partial charge in [-0.3, -0.25) is 4.79 Å². The summed E-state index contributed by atoms with van der Waals surface area (Å²) in [4.78, 5) is 12.7. The lowest BCUT2D eigenvalue weighted by molar-refractivity contribution is 0.0932. The number of nitrogens with one attached hydrogen (secondary N) is 1. The van der Waals surface area contributed by atoms with Crippen molar-refractivity contribution in [2.75, 3.05) is 6.54 Å². The first-order chi connectivity index (χ1) is 11.5. The van der Waals surface area contributed by atoms with E-state index in [0.717, 1.165) is 24.2 Å². The molecule has 6 heteroatoms. The molecule has 3 N–H and O–H groups in total. The highest BCUT2D eigenvalue weighted by Crippen LogP contribution is 2.32. The summed E-state index contributed by atoms with van der Waals surface area (Å²) >= 11 is 5.96. The minimum atomic E-state index is -0.0961. The minimum Gasteiger partial charge on any atom is -0.348 e. The molecule has 1 aromatic heterocycles. The monoisotopic (exact) mass is 346 g/mol. The van der Waals surface area contributed by atoms with Gasteiger partial charge in [-0.1, -0.05) is 25.4 Å². The Labute approximate surface area is 147 Å². The smallest absolute Gasteiger partial charge is 0.255 e. The Bertz CT molecular complexity index is 719. The standard InChI is InChI=1S/C18H23ClN4O/c1-11(2)17-15(18(24)22-16(9-20)12-3-4-12)10-21-23(17)14-7-5-13(19)6-8-14/h5-8,10-12,16H,3-4,9,20H2,1-2H3,(H,22,24). The Hall–Kier alpha value is -1.85. The summed E-state index contributed by atoms with van der Waals surface area (Å²) in [6.07, 6.45) is 3.92. The molecule has 128 valence electrons. The second-order valence-electron chi connectivity index (χ2n) is 6.64. The highest BCUT2D eigenvalue weighted by Gasteiger charge is 2.32. The number of amides is 1. The van der Waals surface area contributed by atoms with Crippen LogP contribution in [0.25, 0.3) is 5.69 Å². The number of hydrogen-bond acceptors (Lipinski definition) is 3. The summed E-state index contributed by atoms with van der Waals surface area (Å²) in [5.41, 5.74) is 8.19. The Morgan fingerprint density at radius 3 is 2.58 bits per heavy atom. The van der Waals surface area contributed by atoms with Crippen molar-refractivity contribution in [3.8, 4) is 5.69 Å². The normalized spacial score (nSPS) is 15.5. The highest BCUT2D eigenvalue weighted by molar-refractivity contribution is 6.30. The first-order valence-electron chi connectivity index (χ1n) is 8.36. The van der Waals surface area contributed by atoms with Gasteiger partial charge in [0.15, 0.2) is 0 Å². The maximum Gasteiger partial charge on any atom is 0.255 e. The number of halogens is 1. The molecule has 24 heavy (non-hydrogen) atoms. The SMILES string of the molecule is CC(C)c1c(C(=O)NC(CN)C2CC2)cnn1-c1ccc(Cl)cc1. The van der Waals surface area contributed by atoms with Crippen LogP contribution in [0.15, 0.2) is 30.5 Å². The molecule has 1 saturated carbocycles. The second-order valence-corrected chi connectivity index (χ2v) is 7.08. The van der Waals surface area contributed by atoms with Gasteiger partial charge in [-0.2, -0.15) is 5.10 Å². The van der Waals surface area contributed by atoms with E-state index < -0.39 is 0 Å². The maximum atomic E-state index is 12.7. The first kappa shape index (κ1) is 17.0. The number of aromatic nitrogens is 2. The molecule has 2 aromatic rings. The molecule has 1 heterocycles. The fourth-order valence-corrected chi connectivity index (χ4v) is 3.12. The molecule has 1 aliphatic carbocycles. The number of nitrogens with two attached hydrogens (primary N) is 1. The van der Waals surface area contributed by atoms with Crippen LogP contribution in [0.5, 0.6) is 0 Å². The Kier molecular flexibility index (Phi) is 4.92. The molecule has 0 saturated heterocycles. The van der Waals surface area contributed by atoms with Gasteiger partial charge in [0.2, 0.25) is 0 Å². The lowest BCUT2D eigenvalue weighted by Crippen LogP contribution is -2.42. The first-order valence-corrected chi connectivity index (χ1v) is 8.73. The molecule has 5 nitrogen and oxygen atoms in total. The van der Waals surface area contributed by atoms with E-state index >= 15 is 0 Å². The summed E-state index contributed by atoms with van der Waals surface area (Å²) in [6, 6.07) is 7.49. The van der Waals surface area contributed by atoms with Gasteiger partial charge in [-0.25, -0.2) is 4.68 Å². The van der Waals surface area contributed by atoms with Crippen LogP contribution in [-0.2, 0) is 0 Å². The molecule has 3 rings (SSSR count). The van der Waals surface area contributed by atoms with E-state index in [0.29, 0.717) is 23.0 Å². The molecular formula is C18H23ClN4O. The van der Waals surface area contributed by atoms with Gasteiger partial charge in [0.05, 0.1) is 23.1 Å². The van der Waals surface area contributed by atoms with Crippen molar-refractivity contribution in [1.82, 2.24) is 15.1 Å². The van der Waals surface area contributed by atoms with E-state index in [4.69, 9.17) is 17.3 Å². The molecule has 0 radical (unpaired) electrons. The van der Waals surface area contributed by atoms with Gasteiger partial charge in [0, 0.05) is 17.6 Å². The van der Waals surface area contributed by atoms with E-state index in [1.807, 2.05) is 28.9 Å². The van der Waals surface area contributed by atoms with Crippen LogP contribution in [0, 0.1) is 5.92 Å². The van der Waals surface area contributed by atoms with Gasteiger partial charge < -0.3 is 11.1 Å². The Morgan fingerprint density at radius 2 is 2.04 bits per heavy atom. The molecule has 0 aliphatic heterocycles. The van der Waals surface area contributed by atoms with Crippen molar-refractivity contribution < 1.29 is 4.79 Å². The van der Waals surface area contributed by atoms with Gasteiger partial charge >= 0.3 is 0 Å². The van der Waals surface area contributed by atoms with Gasteiger partial charge in [-0.05, 0) is 48.9 Å². The van der Waals surface area contributed by atoms with Crippen molar-refractivity contribution in [3.05, 3.63) is 46.7 Å². The second kappa shape index (κ2) is 6.95. The fourth-order valence-electron chi connectivity index (χ4n) is 2.99. The highest BCUT2D eigenvalue weighted by atomic mass is 35.5. The molecule has 1 aliphatic rings. The molecule has 1 unspecified atom stereocenters. The summed E-state index contributed by atoms with van der Waals surface area (Å²) < 4.78 is 1.81. The van der Waals surface area contributed by atoms with E-state index in [-0.39, 0.29) is 17.9 Å². The fraction of sp³-hybridized carbons (Fsp3) is 0.444. The van der Waals surface area contributed by atoms with Gasteiger partial charge in [-0.15, -0.1) is 0 Å². The molecule has 1 atom stereocenters. The van der Waals surface area contributed by atoms with E-state index in [2.05, 4.69) is 24.3 Å². The summed E-state index contributed by atoms with van der Waals surface area (Å²) in [7, 11) is 0. The maximum absolute atomic E-state index is 12.7. The van der Waals surface area contributed by atoms with Gasteiger partial charge in [0.25, 0.3) is 5.91 Å². The molecule has 1 aromatic carbocycles. The number of carbonyl (C=O) groups is 1. The number of rotatable bonds is 6. The number of nitrogens with zero attached hydrogens (tertiary/aromatic N) is 2. The summed E-state index contributed by atoms with van der Waals surface area (Å²) in [5.74, 6) is 0.579. The van der Waals surface area contributed by atoms with Crippen molar-refractivity contribution in [3.63, 3.8) is 0 Å². The van der Waals surface area contributed by atoms with Crippen molar-refractivity contribution in [2.45, 2.75) is 38.6 Å². The van der Waals surface area contributed by atoms with Crippen LogP contribution in [0.4, 0.5) is 0 Å². The number of benzene rings is 1. The van der Waals surface area contributed by atoms with Crippen molar-refractivity contribution in [2.24, 2.45) is 11.7 Å². The summed E-state index contributed by atoms with van der Waals surface area (Å²) in [5, 5.41) is 8.18.